The first-order valence-corrected chi connectivity index (χ1v) is 13.7. The van der Waals surface area contributed by atoms with Crippen LogP contribution in [0, 0.1) is 12.8 Å². The number of carboxylic acids is 2. The van der Waals surface area contributed by atoms with Crippen LogP contribution in [0.1, 0.15) is 93.8 Å². The van der Waals surface area contributed by atoms with Gasteiger partial charge < -0.3 is 25.0 Å². The molecule has 2 aromatic rings. The lowest BCUT2D eigenvalue weighted by atomic mass is 9.83. The fourth-order valence-electron chi connectivity index (χ4n) is 4.96. The van der Waals surface area contributed by atoms with Gasteiger partial charge in [-0.15, -0.1) is 0 Å². The van der Waals surface area contributed by atoms with Gasteiger partial charge in [-0.1, -0.05) is 57.4 Å². The molecule has 1 atom stereocenters. The molecule has 1 unspecified atom stereocenters. The molecule has 0 radical (unpaired) electrons. The number of hydrogen-bond donors (Lipinski definition) is 3. The number of fused-ring (bicyclic) bond motifs is 3. The van der Waals surface area contributed by atoms with Crippen LogP contribution in [0.5, 0.6) is 11.5 Å². The third-order valence-electron chi connectivity index (χ3n) is 7.17. The number of unbranched alkanes of at least 4 members (excludes halogenated alkanes) is 2. The van der Waals surface area contributed by atoms with Crippen molar-refractivity contribution in [2.45, 2.75) is 91.7 Å². The largest absolute Gasteiger partial charge is 0.490 e. The summed E-state index contributed by atoms with van der Waals surface area (Å²) in [7, 11) is 0. The second-order valence-corrected chi connectivity index (χ2v) is 11.2. The Kier molecular flexibility index (Phi) is 9.64. The SMILES string of the molecule is CCCCCc1cc2c(c(OCC(NC(=O)CCC(=O)O)C(C)C)c1C(=O)O)-c1cc(C)ccc1C(C)(C)O2. The highest BCUT2D eigenvalue weighted by Crippen LogP contribution is 2.52. The Hall–Kier alpha value is -3.55. The van der Waals surface area contributed by atoms with Gasteiger partial charge in [0.1, 0.15) is 29.3 Å². The molecule has 39 heavy (non-hydrogen) atoms. The van der Waals surface area contributed by atoms with E-state index in [0.717, 1.165) is 36.0 Å². The number of amides is 1. The molecule has 2 aromatic carbocycles. The van der Waals surface area contributed by atoms with Gasteiger partial charge in [0.25, 0.3) is 0 Å². The number of ether oxygens (including phenoxy) is 2. The lowest BCUT2D eigenvalue weighted by Gasteiger charge is -2.37. The minimum absolute atomic E-state index is 0.0200. The van der Waals surface area contributed by atoms with Crippen molar-refractivity contribution in [3.05, 3.63) is 46.5 Å². The summed E-state index contributed by atoms with van der Waals surface area (Å²) < 4.78 is 12.8. The van der Waals surface area contributed by atoms with E-state index in [-0.39, 0.29) is 42.6 Å². The van der Waals surface area contributed by atoms with Crippen LogP contribution in [0.2, 0.25) is 0 Å². The van der Waals surface area contributed by atoms with Crippen molar-refractivity contribution in [2.75, 3.05) is 6.61 Å². The summed E-state index contributed by atoms with van der Waals surface area (Å²) in [5, 5.41) is 22.2. The Balaban J connectivity index is 2.12. The molecule has 1 amide bonds. The van der Waals surface area contributed by atoms with Crippen molar-refractivity contribution >= 4 is 17.8 Å². The maximum atomic E-state index is 12.7. The van der Waals surface area contributed by atoms with Gasteiger partial charge in [0, 0.05) is 12.0 Å². The van der Waals surface area contributed by atoms with E-state index < -0.39 is 23.6 Å². The van der Waals surface area contributed by atoms with Crippen molar-refractivity contribution in [1.82, 2.24) is 5.32 Å². The molecule has 0 spiro atoms. The number of hydrogen-bond acceptors (Lipinski definition) is 5. The van der Waals surface area contributed by atoms with Gasteiger partial charge in [-0.25, -0.2) is 4.79 Å². The molecule has 0 fully saturated rings. The Morgan fingerprint density at radius 2 is 1.79 bits per heavy atom. The molecule has 3 N–H and O–H groups in total. The molecule has 8 nitrogen and oxygen atoms in total. The Morgan fingerprint density at radius 1 is 1.08 bits per heavy atom. The number of nitrogens with one attached hydrogen (secondary N) is 1. The molecule has 0 aromatic heterocycles. The Labute approximate surface area is 230 Å². The quantitative estimate of drug-likeness (QED) is 0.263. The maximum absolute atomic E-state index is 12.7. The maximum Gasteiger partial charge on any atom is 0.339 e. The normalized spacial score (nSPS) is 14.1. The monoisotopic (exact) mass is 539 g/mol. The van der Waals surface area contributed by atoms with Crippen LogP contribution in [0.25, 0.3) is 11.1 Å². The summed E-state index contributed by atoms with van der Waals surface area (Å²) in [6.07, 6.45) is 2.97. The number of carbonyl (C=O) groups is 3. The van der Waals surface area contributed by atoms with Gasteiger partial charge in [0.2, 0.25) is 5.91 Å². The van der Waals surface area contributed by atoms with Gasteiger partial charge in [-0.3, -0.25) is 9.59 Å². The van der Waals surface area contributed by atoms with E-state index in [9.17, 15) is 19.5 Å². The zero-order chi connectivity index (χ0) is 28.9. The number of aliphatic carboxylic acids is 1. The topological polar surface area (TPSA) is 122 Å². The number of carbonyl (C=O) groups excluding carboxylic acids is 1. The van der Waals surface area contributed by atoms with Crippen LogP contribution >= 0.6 is 0 Å². The lowest BCUT2D eigenvalue weighted by Crippen LogP contribution is -2.43. The zero-order valence-electron chi connectivity index (χ0n) is 23.8. The van der Waals surface area contributed by atoms with Crippen LogP contribution in [0.4, 0.5) is 0 Å². The molecule has 212 valence electrons. The summed E-state index contributed by atoms with van der Waals surface area (Å²) in [5.41, 5.74) is 3.57. The molecule has 0 bridgehead atoms. The van der Waals surface area contributed by atoms with Gasteiger partial charge in [-0.2, -0.15) is 0 Å². The summed E-state index contributed by atoms with van der Waals surface area (Å²) in [6, 6.07) is 7.44. The molecule has 0 aliphatic carbocycles. The van der Waals surface area contributed by atoms with Crippen LogP contribution in [-0.2, 0) is 21.6 Å². The van der Waals surface area contributed by atoms with E-state index in [0.29, 0.717) is 23.3 Å². The molecule has 0 saturated carbocycles. The highest BCUT2D eigenvalue weighted by atomic mass is 16.5. The van der Waals surface area contributed by atoms with Gasteiger partial charge in [0.15, 0.2) is 0 Å². The van der Waals surface area contributed by atoms with Crippen molar-refractivity contribution in [3.63, 3.8) is 0 Å². The fraction of sp³-hybridized carbons (Fsp3) is 0.516. The summed E-state index contributed by atoms with van der Waals surface area (Å²) in [6.45, 7) is 11.9. The first-order chi connectivity index (χ1) is 18.4. The number of rotatable bonds is 13. The van der Waals surface area contributed by atoms with E-state index in [2.05, 4.69) is 12.2 Å². The average Bonchev–Trinajstić information content (AvgIpc) is 2.84. The number of benzene rings is 2. The summed E-state index contributed by atoms with van der Waals surface area (Å²) >= 11 is 0. The molecule has 0 saturated heterocycles. The first-order valence-electron chi connectivity index (χ1n) is 13.7. The van der Waals surface area contributed by atoms with Crippen LogP contribution in [0.15, 0.2) is 24.3 Å². The highest BCUT2D eigenvalue weighted by molar-refractivity contribution is 5.98. The second kappa shape index (κ2) is 12.5. The average molecular weight is 540 g/mol. The highest BCUT2D eigenvalue weighted by Gasteiger charge is 2.37. The Bertz CT molecular complexity index is 1230. The smallest absolute Gasteiger partial charge is 0.339 e. The molecule has 8 heteroatoms. The fourth-order valence-corrected chi connectivity index (χ4v) is 4.96. The van der Waals surface area contributed by atoms with E-state index >= 15 is 0 Å². The van der Waals surface area contributed by atoms with Crippen molar-refractivity contribution in [1.29, 1.82) is 0 Å². The van der Waals surface area contributed by atoms with E-state index in [1.54, 1.807) is 0 Å². The standard InChI is InChI=1S/C31H41NO7/c1-7-8-9-10-20-16-24-28(21-15-19(4)11-12-22(21)31(5,6)39-24)29(27(20)30(36)37)38-17-23(18(2)3)32-25(33)13-14-26(34)35/h11-12,15-16,18,23H,7-10,13-14,17H2,1-6H3,(H,32,33)(H,34,35)(H,36,37). The van der Waals surface area contributed by atoms with Gasteiger partial charge in [0.05, 0.1) is 18.0 Å². The summed E-state index contributed by atoms with van der Waals surface area (Å²) in [5.74, 6) is -1.74. The minimum Gasteiger partial charge on any atom is -0.490 e. The molecule has 3 rings (SSSR count). The molecule has 1 aliphatic rings. The number of carboxylic acid groups (broad SMARTS) is 2. The predicted octanol–water partition coefficient (Wildman–Crippen LogP) is 6.10. The third kappa shape index (κ3) is 7.11. The summed E-state index contributed by atoms with van der Waals surface area (Å²) in [4.78, 5) is 36.0. The van der Waals surface area contributed by atoms with Crippen molar-refractivity contribution in [3.8, 4) is 22.6 Å². The molecular formula is C31H41NO7. The van der Waals surface area contributed by atoms with Crippen LogP contribution < -0.4 is 14.8 Å². The van der Waals surface area contributed by atoms with E-state index in [1.165, 1.54) is 0 Å². The first kappa shape index (κ1) is 30.0. The van der Waals surface area contributed by atoms with Gasteiger partial charge >= 0.3 is 11.9 Å². The van der Waals surface area contributed by atoms with Gasteiger partial charge in [-0.05, 0) is 56.7 Å². The molecular weight excluding hydrogens is 498 g/mol. The minimum atomic E-state index is -1.08. The molecule has 1 aliphatic heterocycles. The van der Waals surface area contributed by atoms with E-state index in [1.807, 2.05) is 58.9 Å². The Morgan fingerprint density at radius 3 is 2.41 bits per heavy atom. The second-order valence-electron chi connectivity index (χ2n) is 11.2. The lowest BCUT2D eigenvalue weighted by molar-refractivity contribution is -0.139. The third-order valence-corrected chi connectivity index (χ3v) is 7.17. The van der Waals surface area contributed by atoms with Crippen molar-refractivity contribution in [2.24, 2.45) is 5.92 Å². The number of aromatic carboxylic acids is 1. The molecule has 1 heterocycles. The number of aryl methyl sites for hydroxylation is 2. The van der Waals surface area contributed by atoms with Crippen LogP contribution in [-0.4, -0.2) is 40.7 Å². The zero-order valence-corrected chi connectivity index (χ0v) is 23.8. The van der Waals surface area contributed by atoms with E-state index in [4.69, 9.17) is 14.6 Å². The van der Waals surface area contributed by atoms with Crippen molar-refractivity contribution < 1.29 is 34.1 Å². The van der Waals surface area contributed by atoms with Crippen LogP contribution in [0.3, 0.4) is 0 Å². The predicted molar refractivity (Wildman–Crippen MR) is 150 cm³/mol.